The lowest BCUT2D eigenvalue weighted by molar-refractivity contribution is -0.343. The fourth-order valence-corrected chi connectivity index (χ4v) is 3.81. The monoisotopic (exact) mass is 376 g/mol. The van der Waals surface area contributed by atoms with Crippen LogP contribution in [0.25, 0.3) is 0 Å². The van der Waals surface area contributed by atoms with Gasteiger partial charge in [0.25, 0.3) is 0 Å². The molecule has 1 saturated heterocycles. The third kappa shape index (κ3) is 3.33. The molecule has 148 valence electrons. The summed E-state index contributed by atoms with van der Waals surface area (Å²) in [5, 5.41) is 49.3. The van der Waals surface area contributed by atoms with Crippen LogP contribution in [-0.4, -0.2) is 88.3 Å². The lowest BCUT2D eigenvalue weighted by Crippen LogP contribution is -2.60. The summed E-state index contributed by atoms with van der Waals surface area (Å²) in [6, 6.07) is 0. The molecular formula is C16H24O10. The van der Waals surface area contributed by atoms with E-state index in [-0.39, 0.29) is 5.92 Å². The van der Waals surface area contributed by atoms with Gasteiger partial charge in [-0.3, -0.25) is 0 Å². The third-order valence-corrected chi connectivity index (χ3v) is 5.26. The van der Waals surface area contributed by atoms with Crippen molar-refractivity contribution in [3.8, 4) is 0 Å². The molecular weight excluding hydrogens is 352 g/mol. The first-order chi connectivity index (χ1) is 12.4. The molecule has 0 spiro atoms. The highest BCUT2D eigenvalue weighted by atomic mass is 16.8. The molecule has 0 aromatic carbocycles. The second-order valence-corrected chi connectivity index (χ2v) is 6.73. The smallest absolute Gasteiger partial charge is 0.337 e. The second kappa shape index (κ2) is 7.77. The van der Waals surface area contributed by atoms with Crippen LogP contribution in [0.15, 0.2) is 11.8 Å². The summed E-state index contributed by atoms with van der Waals surface area (Å²) in [5.41, 5.74) is 0.294. The van der Waals surface area contributed by atoms with E-state index in [2.05, 4.69) is 0 Å². The van der Waals surface area contributed by atoms with Crippen LogP contribution in [0.4, 0.5) is 0 Å². The summed E-state index contributed by atoms with van der Waals surface area (Å²) in [7, 11) is 1.25. The summed E-state index contributed by atoms with van der Waals surface area (Å²) in [5.74, 6) is -1.50. The van der Waals surface area contributed by atoms with Crippen molar-refractivity contribution in [2.24, 2.45) is 11.8 Å². The van der Waals surface area contributed by atoms with E-state index in [0.29, 0.717) is 18.4 Å². The molecule has 9 unspecified atom stereocenters. The van der Waals surface area contributed by atoms with Crippen LogP contribution >= 0.6 is 0 Å². The van der Waals surface area contributed by atoms with Crippen molar-refractivity contribution in [1.29, 1.82) is 0 Å². The minimum Gasteiger partial charge on any atom is -0.471 e. The predicted octanol–water partition coefficient (Wildman–Crippen LogP) is -2.40. The standard InChI is InChI=1S/C16H24O10/c1-23-14(22)7-5-24-15(10-6(7)2-3-8(10)18)26-16-13(21)12(20)11(19)9(4-17)25-16/h5-6,8-13,15-21H,2-4H2,1H3. The maximum absolute atomic E-state index is 11.9. The number of fused-ring (bicyclic) bond motifs is 1. The Balaban J connectivity index is 1.77. The SMILES string of the molecule is COC(=O)C1=COC(OC2OC(CO)C(O)C(O)C2O)C2C(O)CCC12. The number of carbonyl (C=O) groups excluding carboxylic acids is 1. The molecule has 10 heteroatoms. The van der Waals surface area contributed by atoms with Crippen molar-refractivity contribution in [1.82, 2.24) is 0 Å². The molecule has 26 heavy (non-hydrogen) atoms. The van der Waals surface area contributed by atoms with Gasteiger partial charge in [-0.1, -0.05) is 0 Å². The van der Waals surface area contributed by atoms with Crippen molar-refractivity contribution in [2.75, 3.05) is 13.7 Å². The minimum absolute atomic E-state index is 0.294. The fraction of sp³-hybridized carbons (Fsp3) is 0.812. The summed E-state index contributed by atoms with van der Waals surface area (Å²) in [6.07, 6.45) is -6.86. The third-order valence-electron chi connectivity index (χ3n) is 5.26. The van der Waals surface area contributed by atoms with Crippen LogP contribution in [-0.2, 0) is 23.7 Å². The lowest BCUT2D eigenvalue weighted by atomic mass is 9.86. The van der Waals surface area contributed by atoms with Gasteiger partial charge in [-0.15, -0.1) is 0 Å². The van der Waals surface area contributed by atoms with Crippen LogP contribution in [0.1, 0.15) is 12.8 Å². The van der Waals surface area contributed by atoms with Crippen molar-refractivity contribution >= 4 is 5.97 Å². The number of aliphatic hydroxyl groups is 5. The first kappa shape index (κ1) is 19.5. The van der Waals surface area contributed by atoms with Gasteiger partial charge in [-0.05, 0) is 12.8 Å². The molecule has 0 bridgehead atoms. The highest BCUT2D eigenvalue weighted by molar-refractivity contribution is 5.89. The van der Waals surface area contributed by atoms with Crippen LogP contribution in [0.2, 0.25) is 0 Å². The Hall–Kier alpha value is -1.27. The van der Waals surface area contributed by atoms with E-state index < -0.39 is 61.6 Å². The minimum atomic E-state index is -1.58. The van der Waals surface area contributed by atoms with Gasteiger partial charge in [0.2, 0.25) is 6.29 Å². The molecule has 9 atom stereocenters. The number of ether oxygens (including phenoxy) is 4. The number of hydrogen-bond acceptors (Lipinski definition) is 10. The molecule has 10 nitrogen and oxygen atoms in total. The predicted molar refractivity (Wildman–Crippen MR) is 82.0 cm³/mol. The molecule has 2 fully saturated rings. The molecule has 0 radical (unpaired) electrons. The van der Waals surface area contributed by atoms with Gasteiger partial charge in [0.05, 0.1) is 37.6 Å². The molecule has 2 aliphatic heterocycles. The number of hydrogen-bond donors (Lipinski definition) is 5. The average Bonchev–Trinajstić information content (AvgIpc) is 3.04. The van der Waals surface area contributed by atoms with Crippen molar-refractivity contribution in [2.45, 2.75) is 55.9 Å². The molecule has 1 saturated carbocycles. The van der Waals surface area contributed by atoms with Crippen LogP contribution in [0.3, 0.4) is 0 Å². The first-order valence-electron chi connectivity index (χ1n) is 8.47. The highest BCUT2D eigenvalue weighted by Crippen LogP contribution is 2.44. The zero-order valence-corrected chi connectivity index (χ0v) is 14.2. The fourth-order valence-electron chi connectivity index (χ4n) is 3.81. The summed E-state index contributed by atoms with van der Waals surface area (Å²) < 4.78 is 21.1. The highest BCUT2D eigenvalue weighted by Gasteiger charge is 2.51. The first-order valence-corrected chi connectivity index (χ1v) is 8.47. The van der Waals surface area contributed by atoms with Gasteiger partial charge < -0.3 is 44.5 Å². The molecule has 0 amide bonds. The summed E-state index contributed by atoms with van der Waals surface area (Å²) in [6.45, 7) is -0.586. The van der Waals surface area contributed by atoms with Crippen LogP contribution in [0.5, 0.6) is 0 Å². The van der Waals surface area contributed by atoms with E-state index in [1.165, 1.54) is 13.4 Å². The van der Waals surface area contributed by atoms with E-state index in [0.717, 1.165) is 0 Å². The molecule has 3 aliphatic rings. The van der Waals surface area contributed by atoms with Gasteiger partial charge in [0, 0.05) is 5.92 Å². The Kier molecular flexibility index (Phi) is 5.82. The van der Waals surface area contributed by atoms with Crippen molar-refractivity contribution in [3.63, 3.8) is 0 Å². The number of rotatable bonds is 4. The Labute approximate surface area is 149 Å². The second-order valence-electron chi connectivity index (χ2n) is 6.73. The normalized spacial score (nSPS) is 45.5. The average molecular weight is 376 g/mol. The zero-order valence-electron chi connectivity index (χ0n) is 14.2. The molecule has 1 aliphatic carbocycles. The van der Waals surface area contributed by atoms with Crippen LogP contribution < -0.4 is 0 Å². The van der Waals surface area contributed by atoms with Gasteiger partial charge in [-0.2, -0.15) is 0 Å². The summed E-state index contributed by atoms with van der Waals surface area (Å²) in [4.78, 5) is 11.9. The molecule has 3 rings (SSSR count). The molecule has 5 N–H and O–H groups in total. The van der Waals surface area contributed by atoms with E-state index >= 15 is 0 Å². The molecule has 2 heterocycles. The van der Waals surface area contributed by atoms with E-state index in [1.54, 1.807) is 0 Å². The van der Waals surface area contributed by atoms with Gasteiger partial charge in [0.15, 0.2) is 6.29 Å². The Morgan fingerprint density at radius 3 is 2.54 bits per heavy atom. The van der Waals surface area contributed by atoms with Crippen LogP contribution in [0, 0.1) is 11.8 Å². The van der Waals surface area contributed by atoms with E-state index in [1.807, 2.05) is 0 Å². The van der Waals surface area contributed by atoms with Gasteiger partial charge >= 0.3 is 5.97 Å². The Morgan fingerprint density at radius 1 is 1.15 bits per heavy atom. The Bertz CT molecular complexity index is 549. The van der Waals surface area contributed by atoms with Gasteiger partial charge in [-0.25, -0.2) is 4.79 Å². The maximum atomic E-state index is 11.9. The molecule has 0 aromatic rings. The number of esters is 1. The Morgan fingerprint density at radius 2 is 1.88 bits per heavy atom. The van der Waals surface area contributed by atoms with E-state index in [9.17, 15) is 30.3 Å². The quantitative estimate of drug-likeness (QED) is 0.335. The van der Waals surface area contributed by atoms with Gasteiger partial charge in [0.1, 0.15) is 24.4 Å². The maximum Gasteiger partial charge on any atom is 0.337 e. The number of methoxy groups -OCH3 is 1. The van der Waals surface area contributed by atoms with Crippen molar-refractivity contribution in [3.05, 3.63) is 11.8 Å². The summed E-state index contributed by atoms with van der Waals surface area (Å²) >= 11 is 0. The van der Waals surface area contributed by atoms with Crippen molar-refractivity contribution < 1.29 is 49.3 Å². The zero-order chi connectivity index (χ0) is 19.0. The number of carbonyl (C=O) groups is 1. The molecule has 0 aromatic heterocycles. The topological polar surface area (TPSA) is 155 Å². The largest absolute Gasteiger partial charge is 0.471 e. The lowest BCUT2D eigenvalue weighted by Gasteiger charge is -2.42. The number of aliphatic hydroxyl groups excluding tert-OH is 5. The van der Waals surface area contributed by atoms with E-state index in [4.69, 9.17) is 18.9 Å².